The molecule has 86 valence electrons. The Kier molecular flexibility index (Phi) is 3.05. The highest BCUT2D eigenvalue weighted by Crippen LogP contribution is 2.20. The molecule has 0 aliphatic carbocycles. The molecule has 2 rings (SSSR count). The van der Waals surface area contributed by atoms with Crippen LogP contribution >= 0.6 is 0 Å². The van der Waals surface area contributed by atoms with E-state index in [1.165, 1.54) is 0 Å². The number of rotatable bonds is 4. The lowest BCUT2D eigenvalue weighted by molar-refractivity contribution is 0.282. The van der Waals surface area contributed by atoms with Crippen LogP contribution in [0.2, 0.25) is 0 Å². The number of aliphatic hydroxyl groups is 1. The van der Waals surface area contributed by atoms with E-state index in [2.05, 4.69) is 29.1 Å². The number of aromatic amines is 1. The van der Waals surface area contributed by atoms with Crippen molar-refractivity contribution in [1.29, 1.82) is 0 Å². The number of aliphatic hydroxyl groups excluding tert-OH is 1. The van der Waals surface area contributed by atoms with Crippen molar-refractivity contribution < 1.29 is 5.11 Å². The predicted molar refractivity (Wildman–Crippen MR) is 60.6 cm³/mol. The molecule has 0 saturated heterocycles. The van der Waals surface area contributed by atoms with Crippen molar-refractivity contribution in [2.75, 3.05) is 0 Å². The zero-order valence-electron chi connectivity index (χ0n) is 9.51. The Morgan fingerprint density at radius 3 is 2.94 bits per heavy atom. The van der Waals surface area contributed by atoms with Gasteiger partial charge in [0.15, 0.2) is 0 Å². The van der Waals surface area contributed by atoms with E-state index >= 15 is 0 Å². The molecule has 0 amide bonds. The van der Waals surface area contributed by atoms with Gasteiger partial charge in [0.25, 0.3) is 0 Å². The van der Waals surface area contributed by atoms with Gasteiger partial charge in [-0.25, -0.2) is 0 Å². The fourth-order valence-electron chi connectivity index (χ4n) is 1.65. The van der Waals surface area contributed by atoms with Crippen LogP contribution in [0.1, 0.15) is 19.4 Å². The SMILES string of the molecule is CC(C)Cn1cc(-c2[nH]ncc2CO)cn1. The average molecular weight is 220 g/mol. The van der Waals surface area contributed by atoms with Crippen molar-refractivity contribution in [3.05, 3.63) is 24.2 Å². The normalized spacial score (nSPS) is 11.2. The molecule has 5 nitrogen and oxygen atoms in total. The summed E-state index contributed by atoms with van der Waals surface area (Å²) in [5.74, 6) is 0.562. The van der Waals surface area contributed by atoms with E-state index in [-0.39, 0.29) is 6.61 Å². The lowest BCUT2D eigenvalue weighted by Gasteiger charge is -2.03. The Balaban J connectivity index is 2.24. The highest BCUT2D eigenvalue weighted by molar-refractivity contribution is 5.60. The van der Waals surface area contributed by atoms with E-state index in [0.717, 1.165) is 23.4 Å². The first-order valence-electron chi connectivity index (χ1n) is 5.36. The molecule has 2 aromatic heterocycles. The van der Waals surface area contributed by atoms with Crippen LogP contribution in [0, 0.1) is 5.92 Å². The zero-order chi connectivity index (χ0) is 11.5. The summed E-state index contributed by atoms with van der Waals surface area (Å²) < 4.78 is 1.90. The van der Waals surface area contributed by atoms with E-state index < -0.39 is 0 Å². The van der Waals surface area contributed by atoms with Crippen molar-refractivity contribution in [1.82, 2.24) is 20.0 Å². The molecule has 16 heavy (non-hydrogen) atoms. The van der Waals surface area contributed by atoms with Crippen LogP contribution in [0.5, 0.6) is 0 Å². The summed E-state index contributed by atoms with van der Waals surface area (Å²) in [4.78, 5) is 0. The number of aromatic nitrogens is 4. The van der Waals surface area contributed by atoms with Gasteiger partial charge in [0, 0.05) is 23.9 Å². The summed E-state index contributed by atoms with van der Waals surface area (Å²) in [6.45, 7) is 5.18. The molecule has 2 N–H and O–H groups in total. The summed E-state index contributed by atoms with van der Waals surface area (Å²) in [7, 11) is 0. The van der Waals surface area contributed by atoms with Gasteiger partial charge in [0.2, 0.25) is 0 Å². The van der Waals surface area contributed by atoms with Crippen LogP contribution < -0.4 is 0 Å². The second kappa shape index (κ2) is 4.49. The van der Waals surface area contributed by atoms with Crippen LogP contribution in [0.15, 0.2) is 18.6 Å². The lowest BCUT2D eigenvalue weighted by Crippen LogP contribution is -2.04. The van der Waals surface area contributed by atoms with Crippen molar-refractivity contribution in [2.45, 2.75) is 27.0 Å². The summed E-state index contributed by atoms with van der Waals surface area (Å²) in [5, 5.41) is 20.2. The Morgan fingerprint density at radius 2 is 2.25 bits per heavy atom. The summed E-state index contributed by atoms with van der Waals surface area (Å²) in [6, 6.07) is 0. The van der Waals surface area contributed by atoms with Gasteiger partial charge in [-0.2, -0.15) is 10.2 Å². The molecule has 0 aliphatic heterocycles. The Labute approximate surface area is 94.1 Å². The molecule has 0 saturated carbocycles. The largest absolute Gasteiger partial charge is 0.392 e. The quantitative estimate of drug-likeness (QED) is 0.819. The van der Waals surface area contributed by atoms with Crippen molar-refractivity contribution >= 4 is 0 Å². The van der Waals surface area contributed by atoms with E-state index in [4.69, 9.17) is 5.11 Å². The van der Waals surface area contributed by atoms with E-state index in [0.29, 0.717) is 5.92 Å². The van der Waals surface area contributed by atoms with Gasteiger partial charge in [-0.3, -0.25) is 9.78 Å². The van der Waals surface area contributed by atoms with Crippen LogP contribution in [-0.2, 0) is 13.2 Å². The van der Waals surface area contributed by atoms with Crippen LogP contribution in [0.3, 0.4) is 0 Å². The summed E-state index contributed by atoms with van der Waals surface area (Å²) in [5.41, 5.74) is 2.60. The Bertz CT molecular complexity index is 458. The second-order valence-corrected chi connectivity index (χ2v) is 4.27. The Hall–Kier alpha value is -1.62. The number of hydrogen-bond donors (Lipinski definition) is 2. The lowest BCUT2D eigenvalue weighted by atomic mass is 10.2. The second-order valence-electron chi connectivity index (χ2n) is 4.27. The molecular formula is C11H16N4O. The maximum atomic E-state index is 9.13. The fraction of sp³-hybridized carbons (Fsp3) is 0.455. The maximum absolute atomic E-state index is 9.13. The van der Waals surface area contributed by atoms with Gasteiger partial charge in [-0.1, -0.05) is 13.8 Å². The summed E-state index contributed by atoms with van der Waals surface area (Å²) >= 11 is 0. The number of nitrogens with one attached hydrogen (secondary N) is 1. The fourth-order valence-corrected chi connectivity index (χ4v) is 1.65. The number of H-pyrrole nitrogens is 1. The molecule has 0 aromatic carbocycles. The molecule has 0 unspecified atom stereocenters. The minimum Gasteiger partial charge on any atom is -0.392 e. The van der Waals surface area contributed by atoms with Crippen molar-refractivity contribution in [3.8, 4) is 11.3 Å². The molecule has 0 spiro atoms. The monoisotopic (exact) mass is 220 g/mol. The van der Waals surface area contributed by atoms with Crippen LogP contribution in [0.4, 0.5) is 0 Å². The molecule has 5 heteroatoms. The summed E-state index contributed by atoms with van der Waals surface area (Å²) in [6.07, 6.45) is 5.39. The number of nitrogens with zero attached hydrogens (tertiary/aromatic N) is 3. The molecule has 0 aliphatic rings. The first-order chi connectivity index (χ1) is 7.70. The smallest absolute Gasteiger partial charge is 0.0736 e. The number of hydrogen-bond acceptors (Lipinski definition) is 3. The van der Waals surface area contributed by atoms with E-state index in [1.807, 2.05) is 10.9 Å². The van der Waals surface area contributed by atoms with Crippen molar-refractivity contribution in [3.63, 3.8) is 0 Å². The standard InChI is InChI=1S/C11H16N4O/c1-8(2)5-15-6-9(4-13-15)11-10(7-16)3-12-14-11/h3-4,6,8,16H,5,7H2,1-2H3,(H,12,14). The first kappa shape index (κ1) is 10.9. The van der Waals surface area contributed by atoms with Crippen LogP contribution in [0.25, 0.3) is 11.3 Å². The molecular weight excluding hydrogens is 204 g/mol. The molecule has 0 fully saturated rings. The van der Waals surface area contributed by atoms with Gasteiger partial charge < -0.3 is 5.11 Å². The van der Waals surface area contributed by atoms with E-state index in [9.17, 15) is 0 Å². The highest BCUT2D eigenvalue weighted by Gasteiger charge is 2.09. The minimum absolute atomic E-state index is 0.0127. The third kappa shape index (κ3) is 2.14. The molecule has 0 bridgehead atoms. The first-order valence-corrected chi connectivity index (χ1v) is 5.36. The van der Waals surface area contributed by atoms with Gasteiger partial charge in [-0.15, -0.1) is 0 Å². The van der Waals surface area contributed by atoms with Gasteiger partial charge >= 0.3 is 0 Å². The average Bonchev–Trinajstić information content (AvgIpc) is 2.83. The third-order valence-electron chi connectivity index (χ3n) is 2.36. The zero-order valence-corrected chi connectivity index (χ0v) is 9.51. The van der Waals surface area contributed by atoms with Gasteiger partial charge in [0.1, 0.15) is 0 Å². The van der Waals surface area contributed by atoms with Gasteiger partial charge in [-0.05, 0) is 5.92 Å². The predicted octanol–water partition coefficient (Wildman–Crippen LogP) is 1.42. The third-order valence-corrected chi connectivity index (χ3v) is 2.36. The highest BCUT2D eigenvalue weighted by atomic mass is 16.3. The topological polar surface area (TPSA) is 66.7 Å². The maximum Gasteiger partial charge on any atom is 0.0736 e. The molecule has 2 heterocycles. The molecule has 0 atom stereocenters. The van der Waals surface area contributed by atoms with Gasteiger partial charge in [0.05, 0.1) is 24.7 Å². The van der Waals surface area contributed by atoms with Crippen molar-refractivity contribution in [2.24, 2.45) is 5.92 Å². The molecule has 2 aromatic rings. The van der Waals surface area contributed by atoms with E-state index in [1.54, 1.807) is 12.4 Å². The molecule has 0 radical (unpaired) electrons. The van der Waals surface area contributed by atoms with Crippen LogP contribution in [-0.4, -0.2) is 25.1 Å². The minimum atomic E-state index is -0.0127. The Morgan fingerprint density at radius 1 is 1.44 bits per heavy atom.